The van der Waals surface area contributed by atoms with Gasteiger partial charge in [-0.05, 0) is 49.2 Å². The van der Waals surface area contributed by atoms with Gasteiger partial charge in [0.1, 0.15) is 11.4 Å². The van der Waals surface area contributed by atoms with Gasteiger partial charge < -0.3 is 10.1 Å². The van der Waals surface area contributed by atoms with Gasteiger partial charge in [-0.1, -0.05) is 48.5 Å². The Balaban J connectivity index is 1.79. The van der Waals surface area contributed by atoms with Gasteiger partial charge in [-0.15, -0.1) is 0 Å². The second kappa shape index (κ2) is 8.25. The summed E-state index contributed by atoms with van der Waals surface area (Å²) in [5.41, 5.74) is 3.50. The van der Waals surface area contributed by atoms with Crippen LogP contribution in [-0.4, -0.2) is 18.4 Å². The largest absolute Gasteiger partial charge is 0.494 e. The molecule has 0 unspecified atom stereocenters. The van der Waals surface area contributed by atoms with Gasteiger partial charge in [-0.25, -0.2) is 4.90 Å². The fourth-order valence-electron chi connectivity index (χ4n) is 3.49. The monoisotopic (exact) mass is 398 g/mol. The lowest BCUT2D eigenvalue weighted by molar-refractivity contribution is -0.120. The van der Waals surface area contributed by atoms with Crippen molar-refractivity contribution in [3.63, 3.8) is 0 Å². The van der Waals surface area contributed by atoms with Crippen molar-refractivity contribution in [1.82, 2.24) is 0 Å². The van der Waals surface area contributed by atoms with Gasteiger partial charge in [-0.2, -0.15) is 0 Å². The minimum atomic E-state index is -0.383. The zero-order chi connectivity index (χ0) is 21.1. The molecule has 0 fully saturated rings. The first-order valence-electron chi connectivity index (χ1n) is 9.83. The van der Waals surface area contributed by atoms with Crippen LogP contribution < -0.4 is 15.0 Å². The van der Waals surface area contributed by atoms with Crippen molar-refractivity contribution in [3.05, 3.63) is 95.7 Å². The van der Waals surface area contributed by atoms with Crippen LogP contribution in [0.25, 0.3) is 5.57 Å². The third-order valence-electron chi connectivity index (χ3n) is 4.82. The van der Waals surface area contributed by atoms with Crippen molar-refractivity contribution in [2.75, 3.05) is 16.8 Å². The molecule has 0 atom stereocenters. The van der Waals surface area contributed by atoms with Gasteiger partial charge in [0, 0.05) is 11.8 Å². The summed E-state index contributed by atoms with van der Waals surface area (Å²) >= 11 is 0. The van der Waals surface area contributed by atoms with Crippen molar-refractivity contribution >= 4 is 28.8 Å². The Hall–Kier alpha value is -3.86. The molecule has 0 bridgehead atoms. The fourth-order valence-corrected chi connectivity index (χ4v) is 3.49. The lowest BCUT2D eigenvalue weighted by Crippen LogP contribution is -2.32. The number of hydrogen-bond donors (Lipinski definition) is 1. The summed E-state index contributed by atoms with van der Waals surface area (Å²) in [6.07, 6.45) is 0. The van der Waals surface area contributed by atoms with Crippen molar-refractivity contribution in [2.24, 2.45) is 0 Å². The van der Waals surface area contributed by atoms with E-state index in [-0.39, 0.29) is 17.5 Å². The van der Waals surface area contributed by atoms with Crippen molar-refractivity contribution in [2.45, 2.75) is 13.8 Å². The summed E-state index contributed by atoms with van der Waals surface area (Å²) in [5, 5.41) is 3.17. The molecule has 0 spiro atoms. The molecule has 1 heterocycles. The Morgan fingerprint density at radius 3 is 2.37 bits per heavy atom. The number of imide groups is 1. The number of aryl methyl sites for hydroxylation is 1. The van der Waals surface area contributed by atoms with Crippen LogP contribution in [0.5, 0.6) is 5.75 Å². The number of anilines is 2. The third-order valence-corrected chi connectivity index (χ3v) is 4.82. The first kappa shape index (κ1) is 19.5. The highest BCUT2D eigenvalue weighted by atomic mass is 16.5. The van der Waals surface area contributed by atoms with E-state index in [2.05, 4.69) is 5.32 Å². The second-order valence-corrected chi connectivity index (χ2v) is 6.99. The SMILES string of the molecule is CCOc1cccc(NC2=C(c3ccccc3)C(=O)N(c3cccc(C)c3)C2=O)c1. The van der Waals surface area contributed by atoms with Crippen LogP contribution in [0.1, 0.15) is 18.1 Å². The van der Waals surface area contributed by atoms with Crippen molar-refractivity contribution in [1.29, 1.82) is 0 Å². The molecule has 1 N–H and O–H groups in total. The van der Waals surface area contributed by atoms with Crippen LogP contribution in [0.3, 0.4) is 0 Å². The van der Waals surface area contributed by atoms with E-state index in [1.165, 1.54) is 4.90 Å². The molecule has 150 valence electrons. The topological polar surface area (TPSA) is 58.6 Å². The molecule has 3 aromatic carbocycles. The van der Waals surface area contributed by atoms with Gasteiger partial charge in [0.2, 0.25) is 0 Å². The molecule has 1 aliphatic heterocycles. The maximum Gasteiger partial charge on any atom is 0.282 e. The predicted octanol–water partition coefficient (Wildman–Crippen LogP) is 4.79. The zero-order valence-corrected chi connectivity index (χ0v) is 16.9. The Morgan fingerprint density at radius 2 is 1.63 bits per heavy atom. The average molecular weight is 398 g/mol. The molecular weight excluding hydrogens is 376 g/mol. The highest BCUT2D eigenvalue weighted by molar-refractivity contribution is 6.46. The lowest BCUT2D eigenvalue weighted by atomic mass is 10.0. The van der Waals surface area contributed by atoms with Gasteiger partial charge in [0.15, 0.2) is 0 Å². The van der Waals surface area contributed by atoms with E-state index in [0.717, 1.165) is 5.56 Å². The molecule has 1 aliphatic rings. The molecule has 0 aliphatic carbocycles. The molecule has 0 saturated heterocycles. The number of benzene rings is 3. The summed E-state index contributed by atoms with van der Waals surface area (Å²) in [7, 11) is 0. The smallest absolute Gasteiger partial charge is 0.282 e. The number of nitrogens with zero attached hydrogens (tertiary/aromatic N) is 1. The summed E-state index contributed by atoms with van der Waals surface area (Å²) in [6, 6.07) is 23.9. The van der Waals surface area contributed by atoms with Crippen molar-refractivity contribution < 1.29 is 14.3 Å². The van der Waals surface area contributed by atoms with Crippen LogP contribution in [0, 0.1) is 6.92 Å². The summed E-state index contributed by atoms with van der Waals surface area (Å²) in [4.78, 5) is 28.0. The number of hydrogen-bond acceptors (Lipinski definition) is 4. The van der Waals surface area contributed by atoms with E-state index in [9.17, 15) is 9.59 Å². The van der Waals surface area contributed by atoms with Crippen LogP contribution in [0.2, 0.25) is 0 Å². The number of carbonyl (C=O) groups excluding carboxylic acids is 2. The number of nitrogens with one attached hydrogen (secondary N) is 1. The predicted molar refractivity (Wildman–Crippen MR) is 118 cm³/mol. The van der Waals surface area contributed by atoms with Crippen LogP contribution >= 0.6 is 0 Å². The normalized spacial score (nSPS) is 13.7. The molecular formula is C25H22N2O3. The molecule has 5 heteroatoms. The van der Waals surface area contributed by atoms with E-state index in [1.54, 1.807) is 6.07 Å². The standard InChI is InChI=1S/C25H22N2O3/c1-3-30-21-14-8-12-19(16-21)26-23-22(18-10-5-4-6-11-18)24(28)27(25(23)29)20-13-7-9-17(2)15-20/h4-16,26H,3H2,1-2H3. The molecule has 0 radical (unpaired) electrons. The molecule has 5 nitrogen and oxygen atoms in total. The lowest BCUT2D eigenvalue weighted by Gasteiger charge is -2.16. The quantitative estimate of drug-likeness (QED) is 0.607. The Kier molecular flexibility index (Phi) is 5.35. The molecule has 0 saturated carbocycles. The van der Waals surface area contributed by atoms with Crippen molar-refractivity contribution in [3.8, 4) is 5.75 Å². The summed E-state index contributed by atoms with van der Waals surface area (Å²) in [5.74, 6) is -0.0387. The van der Waals surface area contributed by atoms with Gasteiger partial charge in [-0.3, -0.25) is 9.59 Å². The Morgan fingerprint density at radius 1 is 0.867 bits per heavy atom. The highest BCUT2D eigenvalue weighted by Crippen LogP contribution is 2.34. The van der Waals surface area contributed by atoms with E-state index < -0.39 is 0 Å². The maximum atomic E-state index is 13.4. The number of ether oxygens (including phenoxy) is 1. The number of rotatable bonds is 6. The maximum absolute atomic E-state index is 13.4. The van der Waals surface area contributed by atoms with E-state index >= 15 is 0 Å². The summed E-state index contributed by atoms with van der Waals surface area (Å²) < 4.78 is 5.56. The third kappa shape index (κ3) is 3.70. The highest BCUT2D eigenvalue weighted by Gasteiger charge is 2.40. The second-order valence-electron chi connectivity index (χ2n) is 6.99. The molecule has 3 aromatic rings. The zero-order valence-electron chi connectivity index (χ0n) is 16.9. The summed E-state index contributed by atoms with van der Waals surface area (Å²) in [6.45, 7) is 4.38. The molecule has 0 aromatic heterocycles. The Labute approximate surface area is 175 Å². The van der Waals surface area contributed by atoms with E-state index in [0.29, 0.717) is 34.9 Å². The van der Waals surface area contributed by atoms with E-state index in [4.69, 9.17) is 4.74 Å². The minimum Gasteiger partial charge on any atom is -0.494 e. The van der Waals surface area contributed by atoms with Gasteiger partial charge in [0.25, 0.3) is 11.8 Å². The average Bonchev–Trinajstić information content (AvgIpc) is 2.99. The Bertz CT molecular complexity index is 1140. The number of carbonyl (C=O) groups is 2. The first-order chi connectivity index (χ1) is 14.6. The van der Waals surface area contributed by atoms with Gasteiger partial charge in [0.05, 0.1) is 17.9 Å². The van der Waals surface area contributed by atoms with Gasteiger partial charge >= 0.3 is 0 Å². The fraction of sp³-hybridized carbons (Fsp3) is 0.120. The van der Waals surface area contributed by atoms with Crippen LogP contribution in [-0.2, 0) is 9.59 Å². The molecule has 4 rings (SSSR count). The van der Waals surface area contributed by atoms with Crippen LogP contribution in [0.15, 0.2) is 84.6 Å². The molecule has 30 heavy (non-hydrogen) atoms. The van der Waals surface area contributed by atoms with Crippen LogP contribution in [0.4, 0.5) is 11.4 Å². The molecule has 2 amide bonds. The first-order valence-corrected chi connectivity index (χ1v) is 9.83. The number of amides is 2. The van der Waals surface area contributed by atoms with E-state index in [1.807, 2.05) is 86.6 Å². The minimum absolute atomic E-state index is 0.251.